The highest BCUT2D eigenvalue weighted by molar-refractivity contribution is 5.95. The van der Waals surface area contributed by atoms with Crippen molar-refractivity contribution in [2.24, 2.45) is 17.3 Å². The van der Waals surface area contributed by atoms with E-state index in [0.717, 1.165) is 6.42 Å². The van der Waals surface area contributed by atoms with Crippen molar-refractivity contribution >= 4 is 5.78 Å². The number of epoxide rings is 1. The largest absolute Gasteiger partial charge is 0.366 e. The van der Waals surface area contributed by atoms with Gasteiger partial charge in [-0.25, -0.2) is 0 Å². The smallest absolute Gasteiger partial charge is 0.145 e. The molecule has 2 aliphatic carbocycles. The summed E-state index contributed by atoms with van der Waals surface area (Å²) in [5, 5.41) is 0. The van der Waals surface area contributed by atoms with E-state index < -0.39 is 0 Å². The van der Waals surface area contributed by atoms with E-state index in [0.29, 0.717) is 17.8 Å². The van der Waals surface area contributed by atoms with Crippen LogP contribution in [0.25, 0.3) is 0 Å². The second-order valence-corrected chi connectivity index (χ2v) is 5.20. The van der Waals surface area contributed by atoms with Crippen LogP contribution in [-0.2, 0) is 9.53 Å². The van der Waals surface area contributed by atoms with Gasteiger partial charge in [-0.05, 0) is 19.3 Å². The average molecular weight is 166 g/mol. The fraction of sp³-hybridized carbons (Fsp3) is 0.900. The molecule has 0 bridgehead atoms. The first-order chi connectivity index (χ1) is 5.48. The quantitative estimate of drug-likeness (QED) is 0.509. The SMILES string of the molecule is CC1(C)C(=O)[C@H]2[C@@H]1C[C@@H]1O[C@@]12C. The van der Waals surface area contributed by atoms with E-state index in [2.05, 4.69) is 20.8 Å². The van der Waals surface area contributed by atoms with Gasteiger partial charge in [0.15, 0.2) is 0 Å². The Labute approximate surface area is 72.3 Å². The molecule has 1 heterocycles. The third-order valence-electron chi connectivity index (χ3n) is 4.31. The molecule has 2 saturated carbocycles. The molecule has 3 rings (SSSR count). The van der Waals surface area contributed by atoms with Gasteiger partial charge in [-0.3, -0.25) is 4.79 Å². The lowest BCUT2D eigenvalue weighted by Crippen LogP contribution is -2.56. The zero-order chi connectivity index (χ0) is 8.72. The lowest BCUT2D eigenvalue weighted by atomic mass is 9.54. The van der Waals surface area contributed by atoms with Crippen LogP contribution in [0.5, 0.6) is 0 Å². The standard InChI is InChI=1S/C10H14O2/c1-9(2)5-4-6-10(3,12-6)7(5)8(9)11/h5-7H,4H2,1-3H3/t5-,6-,7+,10-/m0/s1. The molecule has 2 nitrogen and oxygen atoms in total. The van der Waals surface area contributed by atoms with Crippen molar-refractivity contribution in [2.45, 2.75) is 38.9 Å². The minimum absolute atomic E-state index is 0.0444. The number of ether oxygens (including phenoxy) is 1. The monoisotopic (exact) mass is 166 g/mol. The average Bonchev–Trinajstić information content (AvgIpc) is 2.55. The molecule has 1 saturated heterocycles. The van der Waals surface area contributed by atoms with Crippen LogP contribution in [0.15, 0.2) is 0 Å². The molecule has 1 aliphatic heterocycles. The number of carbonyl (C=O) groups excluding carboxylic acids is 1. The number of ketones is 1. The number of rotatable bonds is 0. The lowest BCUT2D eigenvalue weighted by Gasteiger charge is -2.48. The van der Waals surface area contributed by atoms with Crippen molar-refractivity contribution in [2.75, 3.05) is 0 Å². The highest BCUT2D eigenvalue weighted by Crippen LogP contribution is 2.68. The van der Waals surface area contributed by atoms with Crippen LogP contribution in [0.2, 0.25) is 0 Å². The van der Waals surface area contributed by atoms with Gasteiger partial charge in [-0.2, -0.15) is 0 Å². The molecule has 12 heavy (non-hydrogen) atoms. The molecule has 0 aromatic heterocycles. The number of hydrogen-bond donors (Lipinski definition) is 0. The van der Waals surface area contributed by atoms with Crippen molar-refractivity contribution in [1.82, 2.24) is 0 Å². The van der Waals surface area contributed by atoms with E-state index in [1.807, 2.05) is 0 Å². The van der Waals surface area contributed by atoms with E-state index in [4.69, 9.17) is 4.74 Å². The second kappa shape index (κ2) is 1.50. The predicted molar refractivity (Wildman–Crippen MR) is 43.7 cm³/mol. The number of Topliss-reactive ketones (excluding diaryl/α,β-unsaturated/α-hetero) is 1. The molecule has 0 aromatic carbocycles. The Hall–Kier alpha value is -0.370. The highest BCUT2D eigenvalue weighted by atomic mass is 16.6. The van der Waals surface area contributed by atoms with Crippen LogP contribution in [-0.4, -0.2) is 17.5 Å². The van der Waals surface area contributed by atoms with Crippen molar-refractivity contribution in [3.05, 3.63) is 0 Å². The molecule has 0 radical (unpaired) electrons. The molecular formula is C10H14O2. The maximum Gasteiger partial charge on any atom is 0.145 e. The van der Waals surface area contributed by atoms with E-state index in [1.54, 1.807) is 0 Å². The van der Waals surface area contributed by atoms with Gasteiger partial charge in [-0.1, -0.05) is 13.8 Å². The summed E-state index contributed by atoms with van der Waals surface area (Å²) < 4.78 is 5.52. The minimum atomic E-state index is -0.0511. The molecule has 0 N–H and O–H groups in total. The molecule has 3 aliphatic rings. The van der Waals surface area contributed by atoms with Crippen LogP contribution in [0.4, 0.5) is 0 Å². The minimum Gasteiger partial charge on any atom is -0.366 e. The van der Waals surface area contributed by atoms with Gasteiger partial charge >= 0.3 is 0 Å². The normalized spacial score (nSPS) is 58.9. The van der Waals surface area contributed by atoms with Crippen LogP contribution in [0.3, 0.4) is 0 Å². The molecule has 0 spiro atoms. The topological polar surface area (TPSA) is 29.6 Å². The number of fused-ring (bicyclic) bond motifs is 3. The Kier molecular flexibility index (Phi) is 0.885. The van der Waals surface area contributed by atoms with Gasteiger partial charge in [-0.15, -0.1) is 0 Å². The van der Waals surface area contributed by atoms with Gasteiger partial charge in [0.05, 0.1) is 12.0 Å². The van der Waals surface area contributed by atoms with Gasteiger partial charge in [0, 0.05) is 5.41 Å². The van der Waals surface area contributed by atoms with Crippen LogP contribution < -0.4 is 0 Å². The zero-order valence-electron chi connectivity index (χ0n) is 7.76. The van der Waals surface area contributed by atoms with Gasteiger partial charge in [0.25, 0.3) is 0 Å². The summed E-state index contributed by atoms with van der Waals surface area (Å²) in [4.78, 5) is 11.7. The predicted octanol–water partition coefficient (Wildman–Crippen LogP) is 1.39. The molecule has 0 amide bonds. The fourth-order valence-corrected chi connectivity index (χ4v) is 3.24. The first-order valence-corrected chi connectivity index (χ1v) is 4.70. The third kappa shape index (κ3) is 0.481. The van der Waals surface area contributed by atoms with Crippen LogP contribution >= 0.6 is 0 Å². The first kappa shape index (κ1) is 7.07. The first-order valence-electron chi connectivity index (χ1n) is 4.70. The second-order valence-electron chi connectivity index (χ2n) is 5.20. The fourth-order valence-electron chi connectivity index (χ4n) is 3.24. The van der Waals surface area contributed by atoms with E-state index in [1.165, 1.54) is 0 Å². The molecular weight excluding hydrogens is 152 g/mol. The maximum atomic E-state index is 11.7. The highest BCUT2D eigenvalue weighted by Gasteiger charge is 2.77. The molecule has 4 atom stereocenters. The molecule has 0 unspecified atom stereocenters. The maximum absolute atomic E-state index is 11.7. The van der Waals surface area contributed by atoms with E-state index in [-0.39, 0.29) is 16.9 Å². The Bertz CT molecular complexity index is 282. The van der Waals surface area contributed by atoms with Crippen LogP contribution in [0, 0.1) is 17.3 Å². The van der Waals surface area contributed by atoms with Gasteiger partial charge in [0.1, 0.15) is 11.4 Å². The summed E-state index contributed by atoms with van der Waals surface area (Å²) in [6.07, 6.45) is 1.51. The zero-order valence-corrected chi connectivity index (χ0v) is 7.76. The Balaban J connectivity index is 1.99. The van der Waals surface area contributed by atoms with Crippen molar-refractivity contribution in [1.29, 1.82) is 0 Å². The molecule has 3 fully saturated rings. The summed E-state index contributed by atoms with van der Waals surface area (Å²) in [6.45, 7) is 6.24. The van der Waals surface area contributed by atoms with Crippen LogP contribution in [0.1, 0.15) is 27.2 Å². The molecule has 66 valence electrons. The van der Waals surface area contributed by atoms with Crippen molar-refractivity contribution < 1.29 is 9.53 Å². The third-order valence-corrected chi connectivity index (χ3v) is 4.31. The number of carbonyl (C=O) groups is 1. The molecule has 0 aromatic rings. The Morgan fingerprint density at radius 2 is 2.08 bits per heavy atom. The summed E-state index contributed by atoms with van der Waals surface area (Å²) >= 11 is 0. The summed E-state index contributed by atoms with van der Waals surface area (Å²) in [7, 11) is 0. The van der Waals surface area contributed by atoms with Gasteiger partial charge < -0.3 is 4.74 Å². The Morgan fingerprint density at radius 1 is 1.42 bits per heavy atom. The molecule has 2 heteroatoms. The summed E-state index contributed by atoms with van der Waals surface area (Å²) in [6, 6.07) is 0. The Morgan fingerprint density at radius 3 is 2.67 bits per heavy atom. The lowest BCUT2D eigenvalue weighted by molar-refractivity contribution is -0.157. The van der Waals surface area contributed by atoms with E-state index >= 15 is 0 Å². The van der Waals surface area contributed by atoms with E-state index in [9.17, 15) is 4.79 Å². The van der Waals surface area contributed by atoms with Gasteiger partial charge in [0.2, 0.25) is 0 Å². The number of hydrogen-bond acceptors (Lipinski definition) is 2. The van der Waals surface area contributed by atoms with Crippen molar-refractivity contribution in [3.63, 3.8) is 0 Å². The summed E-state index contributed by atoms with van der Waals surface area (Å²) in [5.41, 5.74) is -0.0955. The van der Waals surface area contributed by atoms with Crippen molar-refractivity contribution in [3.8, 4) is 0 Å². The summed E-state index contributed by atoms with van der Waals surface area (Å²) in [5.74, 6) is 1.27.